The van der Waals surface area contributed by atoms with Crippen molar-refractivity contribution in [2.45, 2.75) is 38.8 Å². The van der Waals surface area contributed by atoms with E-state index in [1.165, 1.54) is 4.57 Å². The Morgan fingerprint density at radius 3 is 2.52 bits per heavy atom. The SMILES string of the molecule is Cc1csc(=O)n1CCCC(=O)NC(CC(=O)O)C(=O)O. The molecule has 1 amide bonds. The largest absolute Gasteiger partial charge is 0.481 e. The molecule has 1 heterocycles. The average molecular weight is 316 g/mol. The molecule has 1 aromatic heterocycles. The van der Waals surface area contributed by atoms with Crippen molar-refractivity contribution in [3.8, 4) is 0 Å². The Labute approximate surface area is 124 Å². The van der Waals surface area contributed by atoms with Crippen LogP contribution in [0.3, 0.4) is 0 Å². The summed E-state index contributed by atoms with van der Waals surface area (Å²) in [7, 11) is 0. The maximum absolute atomic E-state index is 11.6. The van der Waals surface area contributed by atoms with Crippen molar-refractivity contribution in [2.24, 2.45) is 0 Å². The fourth-order valence-corrected chi connectivity index (χ4v) is 2.47. The molecule has 1 aromatic rings. The standard InChI is InChI=1S/C12H16N2O6S/c1-7-6-21-12(20)14(7)4-2-3-9(15)13-8(11(18)19)5-10(16)17/h6,8H,2-5H2,1H3,(H,13,15)(H,16,17)(H,18,19). The van der Waals surface area contributed by atoms with Gasteiger partial charge in [0, 0.05) is 24.0 Å². The van der Waals surface area contributed by atoms with E-state index in [0.717, 1.165) is 17.0 Å². The van der Waals surface area contributed by atoms with Crippen molar-refractivity contribution in [1.29, 1.82) is 0 Å². The molecule has 0 aromatic carbocycles. The van der Waals surface area contributed by atoms with Crippen LogP contribution in [0.2, 0.25) is 0 Å². The molecule has 116 valence electrons. The zero-order chi connectivity index (χ0) is 16.0. The van der Waals surface area contributed by atoms with Crippen LogP contribution in [0.5, 0.6) is 0 Å². The van der Waals surface area contributed by atoms with Crippen LogP contribution in [0.15, 0.2) is 10.2 Å². The van der Waals surface area contributed by atoms with E-state index in [4.69, 9.17) is 10.2 Å². The second-order valence-electron chi connectivity index (χ2n) is 4.45. The summed E-state index contributed by atoms with van der Waals surface area (Å²) >= 11 is 1.08. The highest BCUT2D eigenvalue weighted by Crippen LogP contribution is 2.03. The third-order valence-corrected chi connectivity index (χ3v) is 3.66. The van der Waals surface area contributed by atoms with Crippen molar-refractivity contribution in [1.82, 2.24) is 9.88 Å². The number of aliphatic carboxylic acids is 2. The van der Waals surface area contributed by atoms with Gasteiger partial charge >= 0.3 is 16.8 Å². The molecule has 1 unspecified atom stereocenters. The van der Waals surface area contributed by atoms with E-state index < -0.39 is 30.3 Å². The van der Waals surface area contributed by atoms with E-state index in [1.807, 2.05) is 0 Å². The van der Waals surface area contributed by atoms with Gasteiger partial charge in [-0.3, -0.25) is 14.4 Å². The van der Waals surface area contributed by atoms with Crippen LogP contribution < -0.4 is 10.2 Å². The third kappa shape index (κ3) is 5.38. The van der Waals surface area contributed by atoms with E-state index in [0.29, 0.717) is 13.0 Å². The van der Waals surface area contributed by atoms with Gasteiger partial charge in [0.1, 0.15) is 6.04 Å². The number of carbonyl (C=O) groups is 3. The van der Waals surface area contributed by atoms with Crippen molar-refractivity contribution in [2.75, 3.05) is 0 Å². The Morgan fingerprint density at radius 2 is 2.05 bits per heavy atom. The predicted octanol–water partition coefficient (Wildman–Crippen LogP) is 0.0425. The first-order valence-electron chi connectivity index (χ1n) is 6.20. The number of hydrogen-bond acceptors (Lipinski definition) is 5. The maximum atomic E-state index is 11.6. The number of carbonyl (C=O) groups excluding carboxylic acids is 1. The van der Waals surface area contributed by atoms with Crippen molar-refractivity contribution >= 4 is 29.2 Å². The number of nitrogens with one attached hydrogen (secondary N) is 1. The lowest BCUT2D eigenvalue weighted by Gasteiger charge is -2.12. The summed E-state index contributed by atoms with van der Waals surface area (Å²) in [6.45, 7) is 2.14. The zero-order valence-electron chi connectivity index (χ0n) is 11.4. The number of carboxylic acid groups (broad SMARTS) is 2. The molecule has 0 saturated heterocycles. The minimum atomic E-state index is -1.44. The van der Waals surface area contributed by atoms with Gasteiger partial charge in [-0.25, -0.2) is 4.79 Å². The number of carboxylic acids is 2. The van der Waals surface area contributed by atoms with Gasteiger partial charge in [0.2, 0.25) is 5.91 Å². The third-order valence-electron chi connectivity index (χ3n) is 2.77. The van der Waals surface area contributed by atoms with Crippen LogP contribution in [0.4, 0.5) is 0 Å². The molecule has 8 nitrogen and oxygen atoms in total. The Balaban J connectivity index is 2.45. The van der Waals surface area contributed by atoms with Crippen LogP contribution in [0.25, 0.3) is 0 Å². The molecule has 0 aliphatic heterocycles. The molecule has 0 aliphatic rings. The van der Waals surface area contributed by atoms with Crippen molar-refractivity contribution in [3.05, 3.63) is 20.7 Å². The van der Waals surface area contributed by atoms with E-state index in [2.05, 4.69) is 5.32 Å². The Kier molecular flexibility index (Phi) is 6.10. The quantitative estimate of drug-likeness (QED) is 0.622. The van der Waals surface area contributed by atoms with Gasteiger partial charge in [0.05, 0.1) is 6.42 Å². The normalized spacial score (nSPS) is 11.9. The van der Waals surface area contributed by atoms with Crippen LogP contribution in [-0.4, -0.2) is 38.7 Å². The predicted molar refractivity (Wildman–Crippen MR) is 74.4 cm³/mol. The zero-order valence-corrected chi connectivity index (χ0v) is 12.2. The number of aryl methyl sites for hydroxylation is 1. The average Bonchev–Trinajstić information content (AvgIpc) is 2.69. The monoisotopic (exact) mass is 316 g/mol. The highest BCUT2D eigenvalue weighted by Gasteiger charge is 2.22. The molecule has 1 rings (SSSR count). The number of thiazole rings is 1. The molecular formula is C12H16N2O6S. The van der Waals surface area contributed by atoms with Crippen LogP contribution in [-0.2, 0) is 20.9 Å². The first kappa shape index (κ1) is 16.9. The number of rotatable bonds is 8. The summed E-state index contributed by atoms with van der Waals surface area (Å²) < 4.78 is 1.53. The van der Waals surface area contributed by atoms with E-state index >= 15 is 0 Å². The van der Waals surface area contributed by atoms with Gasteiger partial charge in [0.15, 0.2) is 0 Å². The van der Waals surface area contributed by atoms with Gasteiger partial charge in [-0.15, -0.1) is 0 Å². The highest BCUT2D eigenvalue weighted by atomic mass is 32.1. The van der Waals surface area contributed by atoms with Crippen LogP contribution >= 0.6 is 11.3 Å². The van der Waals surface area contributed by atoms with E-state index in [-0.39, 0.29) is 11.3 Å². The van der Waals surface area contributed by atoms with E-state index in [9.17, 15) is 19.2 Å². The second-order valence-corrected chi connectivity index (χ2v) is 5.28. The van der Waals surface area contributed by atoms with E-state index in [1.54, 1.807) is 12.3 Å². The van der Waals surface area contributed by atoms with Gasteiger partial charge < -0.3 is 20.1 Å². The molecule has 0 aliphatic carbocycles. The molecule has 0 saturated carbocycles. The highest BCUT2D eigenvalue weighted by molar-refractivity contribution is 7.07. The Hall–Kier alpha value is -2.16. The first-order chi connectivity index (χ1) is 9.81. The summed E-state index contributed by atoms with van der Waals surface area (Å²) in [6, 6.07) is -1.44. The van der Waals surface area contributed by atoms with Gasteiger partial charge in [-0.1, -0.05) is 11.3 Å². The Bertz CT molecular complexity index is 591. The molecule has 0 radical (unpaired) electrons. The molecule has 0 bridgehead atoms. The number of amides is 1. The lowest BCUT2D eigenvalue weighted by Crippen LogP contribution is -2.42. The summed E-state index contributed by atoms with van der Waals surface area (Å²) in [5.74, 6) is -3.25. The number of hydrogen-bond donors (Lipinski definition) is 3. The summed E-state index contributed by atoms with van der Waals surface area (Å²) in [5.41, 5.74) is 0.805. The fourth-order valence-electron chi connectivity index (χ4n) is 1.71. The molecule has 21 heavy (non-hydrogen) atoms. The van der Waals surface area contributed by atoms with Gasteiger partial charge in [-0.2, -0.15) is 0 Å². The molecule has 1 atom stereocenters. The summed E-state index contributed by atoms with van der Waals surface area (Å²) in [4.78, 5) is 44.2. The lowest BCUT2D eigenvalue weighted by atomic mass is 10.2. The first-order valence-corrected chi connectivity index (χ1v) is 7.08. The number of nitrogens with zero attached hydrogens (tertiary/aromatic N) is 1. The topological polar surface area (TPSA) is 126 Å². The van der Waals surface area contributed by atoms with Crippen molar-refractivity contribution < 1.29 is 24.6 Å². The minimum Gasteiger partial charge on any atom is -0.481 e. The minimum absolute atomic E-state index is 0.0190. The molecule has 0 spiro atoms. The van der Waals surface area contributed by atoms with Crippen molar-refractivity contribution in [3.63, 3.8) is 0 Å². The fraction of sp³-hybridized carbons (Fsp3) is 0.500. The Morgan fingerprint density at radius 1 is 1.38 bits per heavy atom. The molecule has 3 N–H and O–H groups in total. The summed E-state index contributed by atoms with van der Waals surface area (Å²) in [6.07, 6.45) is -0.294. The maximum Gasteiger partial charge on any atom is 0.326 e. The lowest BCUT2D eigenvalue weighted by molar-refractivity contribution is -0.147. The van der Waals surface area contributed by atoms with Gasteiger partial charge in [-0.05, 0) is 13.3 Å². The molecule has 9 heteroatoms. The summed E-state index contributed by atoms with van der Waals surface area (Å²) in [5, 5.41) is 21.2. The molecule has 0 fully saturated rings. The van der Waals surface area contributed by atoms with Gasteiger partial charge in [0.25, 0.3) is 0 Å². The second kappa shape index (κ2) is 7.58. The van der Waals surface area contributed by atoms with Crippen LogP contribution in [0.1, 0.15) is 25.0 Å². The number of aromatic nitrogens is 1. The molecular weight excluding hydrogens is 300 g/mol. The smallest absolute Gasteiger partial charge is 0.326 e. The van der Waals surface area contributed by atoms with Crippen LogP contribution in [0, 0.1) is 6.92 Å².